The van der Waals surface area contributed by atoms with Crippen LogP contribution in [0.5, 0.6) is 0 Å². The molecule has 3 fully saturated rings. The Balaban J connectivity index is 1.58. The average Bonchev–Trinajstić information content (AvgIpc) is 3.44. The number of imide groups is 1. The van der Waals surface area contributed by atoms with Gasteiger partial charge < -0.3 is 4.90 Å². The molecule has 4 atom stereocenters. The molecule has 4 aliphatic rings. The number of halogens is 1. The van der Waals surface area contributed by atoms with Crippen LogP contribution in [0.25, 0.3) is 0 Å². The van der Waals surface area contributed by atoms with Gasteiger partial charge in [-0.2, -0.15) is 0 Å². The third-order valence-electron chi connectivity index (χ3n) is 7.61. The molecule has 2 aromatic rings. The van der Waals surface area contributed by atoms with Crippen LogP contribution in [0.4, 0.5) is 15.8 Å². The van der Waals surface area contributed by atoms with Gasteiger partial charge in [-0.1, -0.05) is 17.7 Å². The number of carbonyl (C=O) groups excluding carboxylic acids is 3. The van der Waals surface area contributed by atoms with Crippen molar-refractivity contribution in [2.75, 3.05) is 23.4 Å². The third-order valence-corrected chi connectivity index (χ3v) is 7.61. The minimum absolute atomic E-state index is 0.144. The first-order valence-electron chi connectivity index (χ1n) is 10.7. The van der Waals surface area contributed by atoms with Crippen molar-refractivity contribution in [1.82, 2.24) is 4.90 Å². The molecule has 0 aromatic heterocycles. The van der Waals surface area contributed by atoms with Crippen molar-refractivity contribution in [2.24, 2.45) is 11.8 Å². The fourth-order valence-corrected chi connectivity index (χ4v) is 6.45. The molecule has 7 heteroatoms. The second-order valence-electron chi connectivity index (χ2n) is 9.05. The van der Waals surface area contributed by atoms with E-state index in [0.29, 0.717) is 12.2 Å². The van der Waals surface area contributed by atoms with Crippen LogP contribution in [0.15, 0.2) is 42.5 Å². The molecule has 0 bridgehead atoms. The van der Waals surface area contributed by atoms with Crippen LogP contribution in [0.3, 0.4) is 0 Å². The van der Waals surface area contributed by atoms with E-state index < -0.39 is 23.2 Å². The van der Waals surface area contributed by atoms with Crippen LogP contribution in [0.1, 0.15) is 24.0 Å². The first kappa shape index (κ1) is 18.7. The number of carbonyl (C=O) groups is 3. The summed E-state index contributed by atoms with van der Waals surface area (Å²) in [7, 11) is 1.74. The lowest BCUT2D eigenvalue weighted by molar-refractivity contribution is -0.136. The van der Waals surface area contributed by atoms with E-state index in [0.717, 1.165) is 29.7 Å². The average molecular weight is 419 g/mol. The highest BCUT2D eigenvalue weighted by Gasteiger charge is 2.75. The number of benzene rings is 2. The van der Waals surface area contributed by atoms with E-state index >= 15 is 0 Å². The molecule has 0 radical (unpaired) electrons. The van der Waals surface area contributed by atoms with Gasteiger partial charge in [0.05, 0.1) is 17.5 Å². The van der Waals surface area contributed by atoms with Crippen molar-refractivity contribution < 1.29 is 18.8 Å². The zero-order valence-corrected chi connectivity index (χ0v) is 17.3. The van der Waals surface area contributed by atoms with E-state index in [2.05, 4.69) is 4.90 Å². The summed E-state index contributed by atoms with van der Waals surface area (Å²) in [6.07, 6.45) is 1.66. The molecule has 6 nitrogen and oxygen atoms in total. The number of amides is 3. The van der Waals surface area contributed by atoms with Gasteiger partial charge >= 0.3 is 0 Å². The van der Waals surface area contributed by atoms with Gasteiger partial charge in [0, 0.05) is 24.3 Å². The Bertz CT molecular complexity index is 1160. The fraction of sp³-hybridized carbons (Fsp3) is 0.375. The Kier molecular flexibility index (Phi) is 3.62. The molecule has 4 aliphatic heterocycles. The van der Waals surface area contributed by atoms with Crippen molar-refractivity contribution >= 4 is 29.1 Å². The van der Waals surface area contributed by atoms with E-state index in [4.69, 9.17) is 0 Å². The van der Waals surface area contributed by atoms with E-state index in [1.807, 2.05) is 25.1 Å². The Labute approximate surface area is 179 Å². The van der Waals surface area contributed by atoms with Crippen molar-refractivity contribution in [3.05, 3.63) is 59.4 Å². The maximum absolute atomic E-state index is 13.9. The minimum atomic E-state index is -1.16. The molecule has 4 heterocycles. The Morgan fingerprint density at radius 3 is 2.52 bits per heavy atom. The Hall–Kier alpha value is -3.06. The van der Waals surface area contributed by atoms with Gasteiger partial charge in [-0.3, -0.25) is 19.3 Å². The zero-order chi connectivity index (χ0) is 21.7. The van der Waals surface area contributed by atoms with Crippen LogP contribution >= 0.6 is 0 Å². The number of anilines is 2. The lowest BCUT2D eigenvalue weighted by atomic mass is 9.75. The molecular weight excluding hydrogens is 397 g/mol. The summed E-state index contributed by atoms with van der Waals surface area (Å²) < 4.78 is 13.5. The predicted molar refractivity (Wildman–Crippen MR) is 112 cm³/mol. The van der Waals surface area contributed by atoms with Gasteiger partial charge in [-0.15, -0.1) is 0 Å². The van der Waals surface area contributed by atoms with Crippen LogP contribution < -0.4 is 9.80 Å². The second kappa shape index (κ2) is 6.01. The van der Waals surface area contributed by atoms with Crippen molar-refractivity contribution in [1.29, 1.82) is 0 Å². The molecular formula is C24H22FN3O3. The number of fused-ring (bicyclic) bond motifs is 7. The number of aryl methyl sites for hydroxylation is 1. The van der Waals surface area contributed by atoms with E-state index in [1.165, 1.54) is 29.2 Å². The highest BCUT2D eigenvalue weighted by Crippen LogP contribution is 2.61. The van der Waals surface area contributed by atoms with Crippen molar-refractivity contribution in [2.45, 2.75) is 31.3 Å². The summed E-state index contributed by atoms with van der Waals surface area (Å²) in [5, 5.41) is 0. The molecule has 1 spiro atoms. The largest absolute Gasteiger partial charge is 0.313 e. The van der Waals surface area contributed by atoms with E-state index in [1.54, 1.807) is 11.9 Å². The van der Waals surface area contributed by atoms with Crippen LogP contribution in [-0.2, 0) is 19.9 Å². The summed E-state index contributed by atoms with van der Waals surface area (Å²) in [6.45, 7) is 2.65. The van der Waals surface area contributed by atoms with Gasteiger partial charge in [0.15, 0.2) is 0 Å². The van der Waals surface area contributed by atoms with Crippen LogP contribution in [0.2, 0.25) is 0 Å². The number of nitrogens with zero attached hydrogens (tertiary/aromatic N) is 3. The maximum Gasteiger partial charge on any atom is 0.252 e. The quantitative estimate of drug-likeness (QED) is 0.667. The molecule has 4 unspecified atom stereocenters. The SMILES string of the molecule is Cc1ccc2c(c1)C1(C(=O)N2C)C2C(=O)N(c3ccc(F)cc3)C(=O)C2C2CCCN21. The van der Waals surface area contributed by atoms with Crippen LogP contribution in [-0.4, -0.2) is 42.3 Å². The topological polar surface area (TPSA) is 60.9 Å². The number of likely N-dealkylation sites (N-methyl/N-ethyl adjacent to an activating group) is 1. The number of hydrogen-bond acceptors (Lipinski definition) is 4. The molecule has 158 valence electrons. The zero-order valence-electron chi connectivity index (χ0n) is 17.3. The highest BCUT2D eigenvalue weighted by atomic mass is 19.1. The minimum Gasteiger partial charge on any atom is -0.313 e. The highest BCUT2D eigenvalue weighted by molar-refractivity contribution is 6.26. The summed E-state index contributed by atoms with van der Waals surface area (Å²) in [5.41, 5.74) is 1.81. The molecule has 3 saturated heterocycles. The summed E-state index contributed by atoms with van der Waals surface area (Å²) >= 11 is 0. The second-order valence-corrected chi connectivity index (χ2v) is 9.05. The summed E-state index contributed by atoms with van der Waals surface area (Å²) in [5.74, 6) is -2.59. The van der Waals surface area contributed by atoms with Gasteiger partial charge in [0.2, 0.25) is 11.8 Å². The lowest BCUT2D eigenvalue weighted by Crippen LogP contribution is -2.55. The van der Waals surface area contributed by atoms with Crippen molar-refractivity contribution in [3.63, 3.8) is 0 Å². The smallest absolute Gasteiger partial charge is 0.252 e. The van der Waals surface area contributed by atoms with E-state index in [-0.39, 0.29) is 23.8 Å². The number of hydrogen-bond donors (Lipinski definition) is 0. The van der Waals surface area contributed by atoms with Gasteiger partial charge in [0.1, 0.15) is 11.4 Å². The molecule has 2 aromatic carbocycles. The molecule has 3 amide bonds. The molecule has 0 aliphatic carbocycles. The van der Waals surface area contributed by atoms with Crippen molar-refractivity contribution in [3.8, 4) is 0 Å². The van der Waals surface area contributed by atoms with Gasteiger partial charge in [0.25, 0.3) is 5.91 Å². The Morgan fingerprint density at radius 2 is 1.77 bits per heavy atom. The number of rotatable bonds is 1. The van der Waals surface area contributed by atoms with Gasteiger partial charge in [-0.05, 0) is 56.6 Å². The first-order chi connectivity index (χ1) is 14.9. The fourth-order valence-electron chi connectivity index (χ4n) is 6.45. The monoisotopic (exact) mass is 419 g/mol. The summed E-state index contributed by atoms with van der Waals surface area (Å²) in [6, 6.07) is 11.1. The van der Waals surface area contributed by atoms with Crippen LogP contribution in [0, 0.1) is 24.6 Å². The molecule has 0 saturated carbocycles. The lowest BCUT2D eigenvalue weighted by Gasteiger charge is -2.37. The third kappa shape index (κ3) is 2.07. The van der Waals surface area contributed by atoms with Gasteiger partial charge in [-0.25, -0.2) is 9.29 Å². The summed E-state index contributed by atoms with van der Waals surface area (Å²) in [4.78, 5) is 46.2. The van der Waals surface area contributed by atoms with E-state index in [9.17, 15) is 18.8 Å². The normalized spacial score (nSPS) is 31.7. The molecule has 31 heavy (non-hydrogen) atoms. The predicted octanol–water partition coefficient (Wildman–Crippen LogP) is 2.59. The standard InChI is InChI=1S/C24H22FN3O3/c1-13-5-10-17-16(12-13)24(23(31)26(17)2)20-19(18-4-3-11-27(18)24)21(29)28(22(20)30)15-8-6-14(25)7-9-15/h5-10,12,18-20H,3-4,11H2,1-2H3. The maximum atomic E-state index is 13.9. The molecule has 6 rings (SSSR count). The Morgan fingerprint density at radius 1 is 1.03 bits per heavy atom. The first-order valence-corrected chi connectivity index (χ1v) is 10.7. The molecule has 0 N–H and O–H groups in total.